The molecule has 1 aliphatic rings. The number of carboxylic acid groups (broad SMARTS) is 1. The second-order valence-electron chi connectivity index (χ2n) is 6.78. The van der Waals surface area contributed by atoms with Gasteiger partial charge in [0.1, 0.15) is 5.75 Å². The van der Waals surface area contributed by atoms with Gasteiger partial charge in [0.15, 0.2) is 10.8 Å². The lowest BCUT2D eigenvalue weighted by Crippen LogP contribution is -2.40. The third kappa shape index (κ3) is 4.64. The number of aliphatic carboxylic acids is 1. The Morgan fingerprint density at radius 2 is 1.83 bits per heavy atom. The van der Waals surface area contributed by atoms with E-state index in [-0.39, 0.29) is 17.2 Å². The summed E-state index contributed by atoms with van der Waals surface area (Å²) in [5, 5.41) is 15.3. The predicted molar refractivity (Wildman–Crippen MR) is 108 cm³/mol. The lowest BCUT2D eigenvalue weighted by molar-refractivity contribution is -0.138. The zero-order valence-corrected chi connectivity index (χ0v) is 16.9. The largest absolute Gasteiger partial charge is 0.496 e. The summed E-state index contributed by atoms with van der Waals surface area (Å²) in [4.78, 5) is 21.9. The van der Waals surface area contributed by atoms with Crippen LogP contribution in [0, 0.1) is 0 Å². The average Bonchev–Trinajstić information content (AvgIpc) is 3.02. The number of ether oxygens (including phenoxy) is 1. The van der Waals surface area contributed by atoms with Gasteiger partial charge in [-0.05, 0) is 43.3 Å². The number of carbonyl (C=O) groups is 2. The number of halogens is 3. The molecule has 2 aromatic carbocycles. The Labute approximate surface area is 174 Å². The predicted octanol–water partition coefficient (Wildman–Crippen LogP) is 4.82. The van der Waals surface area contributed by atoms with Gasteiger partial charge in [-0.25, -0.2) is 0 Å². The number of carboxylic acids is 1. The van der Waals surface area contributed by atoms with E-state index in [1.165, 1.54) is 20.1 Å². The van der Waals surface area contributed by atoms with Crippen molar-refractivity contribution in [2.45, 2.75) is 30.3 Å². The Bertz CT molecular complexity index is 997. The van der Waals surface area contributed by atoms with Crippen LogP contribution in [0.1, 0.15) is 34.8 Å². The Morgan fingerprint density at radius 3 is 2.43 bits per heavy atom. The highest BCUT2D eigenvalue weighted by atomic mass is 32.2. The molecule has 0 aliphatic carbocycles. The van der Waals surface area contributed by atoms with Gasteiger partial charge >= 0.3 is 12.1 Å². The second kappa shape index (κ2) is 8.10. The molecule has 0 saturated heterocycles. The van der Waals surface area contributed by atoms with E-state index in [1.54, 1.807) is 18.2 Å². The molecular weight excluding hydrogens is 421 g/mol. The maximum Gasteiger partial charge on any atom is 0.416 e. The van der Waals surface area contributed by atoms with Crippen molar-refractivity contribution < 1.29 is 32.6 Å². The molecule has 160 valence electrons. The summed E-state index contributed by atoms with van der Waals surface area (Å²) < 4.78 is 44.4. The number of hydrogen-bond donors (Lipinski definition) is 3. The molecule has 0 radical (unpaired) electrons. The minimum Gasteiger partial charge on any atom is -0.496 e. The molecule has 0 amide bonds. The SMILES string of the molecule is COc1ccc(C(C)=O)cc1CSC1(CC(=O)O)Nc2ccc(C(F)(F)F)cc2N1. The Balaban J connectivity index is 1.88. The Kier molecular flexibility index (Phi) is 5.89. The molecule has 0 aromatic heterocycles. The summed E-state index contributed by atoms with van der Waals surface area (Å²) >= 11 is 1.16. The molecule has 2 aromatic rings. The second-order valence-corrected chi connectivity index (χ2v) is 8.05. The first-order valence-corrected chi connectivity index (χ1v) is 9.83. The van der Waals surface area contributed by atoms with E-state index in [2.05, 4.69) is 10.6 Å². The summed E-state index contributed by atoms with van der Waals surface area (Å²) in [5.74, 6) is -0.491. The standard InChI is InChI=1S/C20H19F3N2O4S/c1-11(26)12-3-6-17(29-2)13(7-12)10-30-19(9-18(27)28)24-15-5-4-14(20(21,22)23)8-16(15)25-19/h3-8,24-25H,9-10H2,1-2H3,(H,27,28). The fourth-order valence-electron chi connectivity index (χ4n) is 3.14. The van der Waals surface area contributed by atoms with E-state index in [0.29, 0.717) is 22.6 Å². The van der Waals surface area contributed by atoms with Crippen LogP contribution in [0.25, 0.3) is 0 Å². The van der Waals surface area contributed by atoms with Crippen molar-refractivity contribution in [3.8, 4) is 5.75 Å². The van der Waals surface area contributed by atoms with E-state index in [4.69, 9.17) is 4.74 Å². The number of hydrogen-bond acceptors (Lipinski definition) is 6. The van der Waals surface area contributed by atoms with Gasteiger partial charge in [-0.2, -0.15) is 13.2 Å². The van der Waals surface area contributed by atoms with Crippen LogP contribution in [0.5, 0.6) is 5.75 Å². The van der Waals surface area contributed by atoms with E-state index >= 15 is 0 Å². The Hall–Kier alpha value is -2.88. The van der Waals surface area contributed by atoms with Crippen molar-refractivity contribution in [3.05, 3.63) is 53.1 Å². The normalized spacial score (nSPS) is 17.6. The number of benzene rings is 2. The van der Waals surface area contributed by atoms with Gasteiger partial charge in [0.05, 0.1) is 30.5 Å². The number of fused-ring (bicyclic) bond motifs is 1. The highest BCUT2D eigenvalue weighted by molar-refractivity contribution is 8.00. The average molecular weight is 440 g/mol. The summed E-state index contributed by atoms with van der Waals surface area (Å²) in [7, 11) is 1.48. The van der Waals surface area contributed by atoms with Crippen molar-refractivity contribution in [1.82, 2.24) is 0 Å². The third-order valence-electron chi connectivity index (χ3n) is 4.58. The number of ketones is 1. The minimum absolute atomic E-state index is 0.131. The molecule has 10 heteroatoms. The monoisotopic (exact) mass is 440 g/mol. The smallest absolute Gasteiger partial charge is 0.416 e. The summed E-state index contributed by atoms with van der Waals surface area (Å²) in [6, 6.07) is 8.09. The number of Topliss-reactive ketones (excluding diaryl/α,β-unsaturated/α-hetero) is 1. The van der Waals surface area contributed by atoms with Crippen LogP contribution in [-0.2, 0) is 16.7 Å². The van der Waals surface area contributed by atoms with Crippen LogP contribution in [-0.4, -0.2) is 29.0 Å². The highest BCUT2D eigenvalue weighted by Gasteiger charge is 2.41. The van der Waals surface area contributed by atoms with Crippen molar-refractivity contribution in [2.75, 3.05) is 17.7 Å². The lowest BCUT2D eigenvalue weighted by atomic mass is 10.1. The molecule has 1 heterocycles. The number of anilines is 2. The molecule has 1 unspecified atom stereocenters. The zero-order chi connectivity index (χ0) is 22.1. The molecule has 0 saturated carbocycles. The van der Waals surface area contributed by atoms with E-state index < -0.39 is 29.1 Å². The van der Waals surface area contributed by atoms with Gasteiger partial charge in [-0.3, -0.25) is 9.59 Å². The first kappa shape index (κ1) is 21.8. The molecule has 1 aliphatic heterocycles. The number of thioether (sulfide) groups is 1. The lowest BCUT2D eigenvalue weighted by Gasteiger charge is -2.29. The molecule has 0 spiro atoms. The van der Waals surface area contributed by atoms with Gasteiger partial charge in [0, 0.05) is 16.9 Å². The molecule has 0 fully saturated rings. The molecular formula is C20H19F3N2O4S. The fourth-order valence-corrected chi connectivity index (χ4v) is 4.35. The summed E-state index contributed by atoms with van der Waals surface area (Å²) in [6.45, 7) is 1.43. The van der Waals surface area contributed by atoms with Crippen molar-refractivity contribution in [2.24, 2.45) is 0 Å². The van der Waals surface area contributed by atoms with Crippen molar-refractivity contribution >= 4 is 34.9 Å². The Morgan fingerprint density at radius 1 is 1.13 bits per heavy atom. The van der Waals surface area contributed by atoms with E-state index in [1.807, 2.05) is 0 Å². The van der Waals surface area contributed by atoms with Gasteiger partial charge in [0.25, 0.3) is 0 Å². The first-order chi connectivity index (χ1) is 14.0. The van der Waals surface area contributed by atoms with Crippen LogP contribution < -0.4 is 15.4 Å². The van der Waals surface area contributed by atoms with Crippen LogP contribution in [0.3, 0.4) is 0 Å². The number of carbonyl (C=O) groups excluding carboxylic acids is 1. The van der Waals surface area contributed by atoms with Crippen molar-refractivity contribution in [3.63, 3.8) is 0 Å². The quantitative estimate of drug-likeness (QED) is 0.532. The molecule has 6 nitrogen and oxygen atoms in total. The maximum atomic E-state index is 13.0. The van der Waals surface area contributed by atoms with Crippen LogP contribution in [0.2, 0.25) is 0 Å². The van der Waals surface area contributed by atoms with Gasteiger partial charge in [0.2, 0.25) is 0 Å². The minimum atomic E-state index is -4.51. The fraction of sp³-hybridized carbons (Fsp3) is 0.300. The van der Waals surface area contributed by atoms with E-state index in [0.717, 1.165) is 23.9 Å². The van der Waals surface area contributed by atoms with Crippen LogP contribution >= 0.6 is 11.8 Å². The third-order valence-corrected chi connectivity index (χ3v) is 5.88. The summed E-state index contributed by atoms with van der Waals surface area (Å²) in [5.41, 5.74) is 0.853. The first-order valence-electron chi connectivity index (χ1n) is 8.84. The molecule has 0 bridgehead atoms. The van der Waals surface area contributed by atoms with Crippen LogP contribution in [0.4, 0.5) is 24.5 Å². The molecule has 1 atom stereocenters. The highest BCUT2D eigenvalue weighted by Crippen LogP contribution is 2.45. The van der Waals surface area contributed by atoms with Gasteiger partial charge in [-0.15, -0.1) is 11.8 Å². The van der Waals surface area contributed by atoms with Gasteiger partial charge in [-0.1, -0.05) is 0 Å². The zero-order valence-electron chi connectivity index (χ0n) is 16.1. The molecule has 30 heavy (non-hydrogen) atoms. The van der Waals surface area contributed by atoms with E-state index in [9.17, 15) is 27.9 Å². The number of methoxy groups -OCH3 is 1. The summed E-state index contributed by atoms with van der Waals surface area (Å²) in [6.07, 6.45) is -4.91. The van der Waals surface area contributed by atoms with Gasteiger partial charge < -0.3 is 20.5 Å². The number of alkyl halides is 3. The molecule has 3 rings (SSSR count). The van der Waals surface area contributed by atoms with Crippen molar-refractivity contribution in [1.29, 1.82) is 0 Å². The number of rotatable bonds is 7. The molecule has 3 N–H and O–H groups in total. The topological polar surface area (TPSA) is 87.7 Å². The number of nitrogens with one attached hydrogen (secondary N) is 2. The maximum absolute atomic E-state index is 13.0. The van der Waals surface area contributed by atoms with Crippen LogP contribution in [0.15, 0.2) is 36.4 Å².